The van der Waals surface area contributed by atoms with Crippen LogP contribution in [0.4, 0.5) is 5.82 Å². The first-order chi connectivity index (χ1) is 11.9. The van der Waals surface area contributed by atoms with Gasteiger partial charge < -0.3 is 10.2 Å². The summed E-state index contributed by atoms with van der Waals surface area (Å²) in [5, 5.41) is 10.8. The monoisotopic (exact) mass is 345 g/mol. The third-order valence-electron chi connectivity index (χ3n) is 5.89. The van der Waals surface area contributed by atoms with Gasteiger partial charge >= 0.3 is 0 Å². The van der Waals surface area contributed by atoms with Crippen LogP contribution in [-0.2, 0) is 0 Å². The molecule has 1 amide bonds. The molecule has 0 radical (unpaired) electrons. The van der Waals surface area contributed by atoms with E-state index >= 15 is 0 Å². The number of hydrogen-bond acceptors (Lipinski definition) is 5. The zero-order valence-corrected chi connectivity index (χ0v) is 16.0. The molecule has 1 aliphatic carbocycles. The lowest BCUT2D eigenvalue weighted by molar-refractivity contribution is 0.0957. The van der Waals surface area contributed by atoms with Gasteiger partial charge in [0.05, 0.1) is 0 Å². The molecule has 1 N–H and O–H groups in total. The first-order valence-electron chi connectivity index (χ1n) is 9.43. The predicted molar refractivity (Wildman–Crippen MR) is 99.8 cm³/mol. The van der Waals surface area contributed by atoms with Crippen LogP contribution in [0, 0.1) is 11.3 Å². The first-order valence-corrected chi connectivity index (χ1v) is 9.43. The van der Waals surface area contributed by atoms with E-state index in [1.165, 1.54) is 19.3 Å². The Morgan fingerprint density at radius 3 is 2.36 bits per heavy atom. The van der Waals surface area contributed by atoms with Crippen LogP contribution >= 0.6 is 0 Å². The topological polar surface area (TPSA) is 61.4 Å². The molecule has 6 nitrogen and oxygen atoms in total. The molecule has 0 aromatic carbocycles. The summed E-state index contributed by atoms with van der Waals surface area (Å²) >= 11 is 0. The van der Waals surface area contributed by atoms with Gasteiger partial charge in [-0.15, -0.1) is 10.2 Å². The highest BCUT2D eigenvalue weighted by Gasteiger charge is 2.36. The molecule has 2 heterocycles. The van der Waals surface area contributed by atoms with Gasteiger partial charge in [0.1, 0.15) is 0 Å². The Kier molecular flexibility index (Phi) is 5.27. The number of hydrogen-bond donors (Lipinski definition) is 1. The van der Waals surface area contributed by atoms with Crippen LogP contribution in [0.1, 0.15) is 50.5 Å². The van der Waals surface area contributed by atoms with E-state index in [1.807, 2.05) is 6.07 Å². The van der Waals surface area contributed by atoms with E-state index in [4.69, 9.17) is 0 Å². The Labute approximate surface area is 151 Å². The zero-order valence-electron chi connectivity index (χ0n) is 16.0. The quantitative estimate of drug-likeness (QED) is 0.910. The molecule has 1 saturated carbocycles. The maximum atomic E-state index is 11.6. The van der Waals surface area contributed by atoms with Crippen LogP contribution in [0.3, 0.4) is 0 Å². The van der Waals surface area contributed by atoms with Gasteiger partial charge in [-0.1, -0.05) is 20.8 Å². The average Bonchev–Trinajstić information content (AvgIpc) is 3.12. The maximum absolute atomic E-state index is 11.6. The molecule has 2 fully saturated rings. The Balaban J connectivity index is 1.53. The number of piperazine rings is 1. The molecule has 25 heavy (non-hydrogen) atoms. The van der Waals surface area contributed by atoms with E-state index < -0.39 is 0 Å². The third-order valence-corrected chi connectivity index (χ3v) is 5.89. The third kappa shape index (κ3) is 4.11. The zero-order chi connectivity index (χ0) is 18.0. The van der Waals surface area contributed by atoms with Gasteiger partial charge in [0, 0.05) is 39.3 Å². The molecule has 2 atom stereocenters. The molecular formula is C19H31N5O. The van der Waals surface area contributed by atoms with Gasteiger partial charge in [0.15, 0.2) is 11.5 Å². The lowest BCUT2D eigenvalue weighted by Crippen LogP contribution is -2.50. The van der Waals surface area contributed by atoms with E-state index in [2.05, 4.69) is 46.1 Å². The van der Waals surface area contributed by atoms with Crippen LogP contribution in [0.25, 0.3) is 0 Å². The SMILES string of the molecule is CNC(=O)c1ccc(N2CCN(C3CCC(C(C)(C)C)C3)CC2)nn1. The minimum atomic E-state index is -0.196. The molecule has 1 saturated heterocycles. The van der Waals surface area contributed by atoms with Crippen molar-refractivity contribution >= 4 is 11.7 Å². The van der Waals surface area contributed by atoms with Crippen molar-refractivity contribution in [2.24, 2.45) is 11.3 Å². The van der Waals surface area contributed by atoms with Crippen molar-refractivity contribution in [3.8, 4) is 0 Å². The number of aromatic nitrogens is 2. The molecular weight excluding hydrogens is 314 g/mol. The van der Waals surface area contributed by atoms with E-state index in [1.54, 1.807) is 13.1 Å². The Morgan fingerprint density at radius 1 is 1.12 bits per heavy atom. The maximum Gasteiger partial charge on any atom is 0.271 e. The molecule has 2 unspecified atom stereocenters. The van der Waals surface area contributed by atoms with Crippen molar-refractivity contribution in [1.82, 2.24) is 20.4 Å². The van der Waals surface area contributed by atoms with Crippen molar-refractivity contribution in [2.75, 3.05) is 38.1 Å². The normalized spacial score (nSPS) is 25.2. The van der Waals surface area contributed by atoms with Gasteiger partial charge in [-0.25, -0.2) is 0 Å². The molecule has 3 rings (SSSR count). The second-order valence-electron chi connectivity index (χ2n) is 8.41. The fourth-order valence-electron chi connectivity index (χ4n) is 4.14. The Hall–Kier alpha value is -1.69. The molecule has 1 aliphatic heterocycles. The van der Waals surface area contributed by atoms with Gasteiger partial charge in [-0.2, -0.15) is 0 Å². The van der Waals surface area contributed by atoms with Crippen LogP contribution < -0.4 is 10.2 Å². The molecule has 1 aromatic heterocycles. The second kappa shape index (κ2) is 7.28. The van der Waals surface area contributed by atoms with Crippen molar-refractivity contribution < 1.29 is 4.79 Å². The minimum Gasteiger partial charge on any atom is -0.354 e. The summed E-state index contributed by atoms with van der Waals surface area (Å²) in [6.45, 7) is 11.2. The fourth-order valence-corrected chi connectivity index (χ4v) is 4.14. The Morgan fingerprint density at radius 2 is 1.84 bits per heavy atom. The summed E-state index contributed by atoms with van der Waals surface area (Å²) in [6.07, 6.45) is 4.04. The summed E-state index contributed by atoms with van der Waals surface area (Å²) in [6, 6.07) is 4.39. The lowest BCUT2D eigenvalue weighted by Gasteiger charge is -2.39. The van der Waals surface area contributed by atoms with Gasteiger partial charge in [-0.05, 0) is 42.7 Å². The van der Waals surface area contributed by atoms with Crippen molar-refractivity contribution in [3.05, 3.63) is 17.8 Å². The fraction of sp³-hybridized carbons (Fsp3) is 0.737. The van der Waals surface area contributed by atoms with Crippen LogP contribution in [-0.4, -0.2) is 60.3 Å². The molecule has 6 heteroatoms. The number of carbonyl (C=O) groups excluding carboxylic acids is 1. The van der Waals surface area contributed by atoms with E-state index in [0.29, 0.717) is 11.1 Å². The molecule has 1 aromatic rings. The average molecular weight is 345 g/mol. The molecule has 0 bridgehead atoms. The number of nitrogens with one attached hydrogen (secondary N) is 1. The van der Waals surface area contributed by atoms with Crippen molar-refractivity contribution in [2.45, 2.75) is 46.1 Å². The predicted octanol–water partition coefficient (Wildman–Crippen LogP) is 2.17. The summed E-state index contributed by atoms with van der Waals surface area (Å²) in [4.78, 5) is 16.5. The largest absolute Gasteiger partial charge is 0.354 e. The molecule has 2 aliphatic rings. The van der Waals surface area contributed by atoms with Crippen molar-refractivity contribution in [1.29, 1.82) is 0 Å². The summed E-state index contributed by atoms with van der Waals surface area (Å²) < 4.78 is 0. The number of amides is 1. The molecule has 138 valence electrons. The van der Waals surface area contributed by atoms with E-state index in [-0.39, 0.29) is 5.91 Å². The number of rotatable bonds is 3. The first kappa shape index (κ1) is 18.1. The Bertz CT molecular complexity index is 587. The lowest BCUT2D eigenvalue weighted by atomic mass is 9.79. The van der Waals surface area contributed by atoms with Gasteiger partial charge in [-0.3, -0.25) is 9.69 Å². The highest BCUT2D eigenvalue weighted by Crippen LogP contribution is 2.41. The van der Waals surface area contributed by atoms with E-state index in [9.17, 15) is 4.79 Å². The summed E-state index contributed by atoms with van der Waals surface area (Å²) in [5.74, 6) is 1.52. The van der Waals surface area contributed by atoms with Gasteiger partial charge in [0.25, 0.3) is 5.91 Å². The highest BCUT2D eigenvalue weighted by molar-refractivity contribution is 5.91. The van der Waals surface area contributed by atoms with Crippen LogP contribution in [0.5, 0.6) is 0 Å². The number of nitrogens with zero attached hydrogens (tertiary/aromatic N) is 4. The van der Waals surface area contributed by atoms with Crippen LogP contribution in [0.2, 0.25) is 0 Å². The smallest absolute Gasteiger partial charge is 0.271 e. The van der Waals surface area contributed by atoms with E-state index in [0.717, 1.165) is 44.0 Å². The highest BCUT2D eigenvalue weighted by atomic mass is 16.1. The minimum absolute atomic E-state index is 0.196. The summed E-state index contributed by atoms with van der Waals surface area (Å²) in [7, 11) is 1.60. The van der Waals surface area contributed by atoms with Gasteiger partial charge in [0.2, 0.25) is 0 Å². The summed E-state index contributed by atoms with van der Waals surface area (Å²) in [5.41, 5.74) is 0.794. The van der Waals surface area contributed by atoms with Crippen molar-refractivity contribution in [3.63, 3.8) is 0 Å². The molecule has 0 spiro atoms. The second-order valence-corrected chi connectivity index (χ2v) is 8.41. The number of carbonyl (C=O) groups is 1. The van der Waals surface area contributed by atoms with Crippen LogP contribution in [0.15, 0.2) is 12.1 Å². The number of anilines is 1. The standard InChI is InChI=1S/C19H31N5O/c1-19(2,3)14-5-6-15(13-14)23-9-11-24(12-10-23)17-8-7-16(21-22-17)18(25)20-4/h7-8,14-15H,5-6,9-13H2,1-4H3,(H,20,25).